The summed E-state index contributed by atoms with van der Waals surface area (Å²) in [4.78, 5) is 29.3. The second-order valence-corrected chi connectivity index (χ2v) is 40.3. The van der Waals surface area contributed by atoms with Crippen LogP contribution in [0, 0.1) is 12.1 Å². The van der Waals surface area contributed by atoms with E-state index in [0.717, 1.165) is 52.4 Å². The fraction of sp³-hybridized carbons (Fsp3) is 0.177. The molecule has 3 atom stereocenters. The SMILES string of the molecule is CC(=O)Nc1ccc(Cl)cc1.CC(=O)c1cc(Cl)ccc1N.CCN=C1Nc2ccc(Cl)cc2[C@](C)(c2ccccc2)O1.CCN=C=S.CCNC(=S)Nc1ccc(Cl)cc1[C@@](C)(O)c1ccccc1.C[C@](O)(c1ccccc1)c1cc(Cl)ccc1N.[Cl][Ti]([Cl])([Cl])[Cl].[Zn+2].[c-]1ccccc1.[c-]1ccccc1. The molecule has 0 aromatic heterocycles. The number of isothiocyanates is 1. The van der Waals surface area contributed by atoms with Crippen molar-refractivity contribution in [2.45, 2.75) is 72.2 Å². The summed E-state index contributed by atoms with van der Waals surface area (Å²) < 4.78 is 6.16. The number of halogens is 9. The number of nitrogens with two attached hydrogens (primary N) is 2. The van der Waals surface area contributed by atoms with Gasteiger partial charge in [-0.05, 0) is 187 Å². The van der Waals surface area contributed by atoms with Crippen LogP contribution in [0.5, 0.6) is 0 Å². The number of carbonyl (C=O) groups is 2. The molecule has 548 valence electrons. The zero-order chi connectivity index (χ0) is 77.3. The van der Waals surface area contributed by atoms with Crippen molar-refractivity contribution >= 4 is 176 Å². The average Bonchev–Trinajstić information content (AvgIpc) is 0.753. The predicted molar refractivity (Wildman–Crippen MR) is 446 cm³/mol. The molecule has 0 radical (unpaired) electrons. The quantitative estimate of drug-likeness (QED) is 0.0152. The molecule has 0 aliphatic carbocycles. The molecule has 105 heavy (non-hydrogen) atoms. The zero-order valence-electron chi connectivity index (χ0n) is 58.9. The second-order valence-electron chi connectivity index (χ2n) is 22.0. The molecule has 0 bridgehead atoms. The molecular weight excluding hydrogens is 1640 g/mol. The van der Waals surface area contributed by atoms with Crippen molar-refractivity contribution in [2.75, 3.05) is 47.1 Å². The van der Waals surface area contributed by atoms with Gasteiger partial charge in [0, 0.05) is 102 Å². The second kappa shape index (κ2) is 50.2. The van der Waals surface area contributed by atoms with Gasteiger partial charge in [0.25, 0.3) is 6.02 Å². The van der Waals surface area contributed by atoms with Crippen molar-refractivity contribution in [3.05, 3.63) is 325 Å². The maximum Gasteiger partial charge on any atom is 2.00 e. The molecule has 10 aromatic carbocycles. The van der Waals surface area contributed by atoms with E-state index in [9.17, 15) is 19.8 Å². The van der Waals surface area contributed by atoms with Gasteiger partial charge in [0.05, 0.1) is 5.16 Å². The van der Waals surface area contributed by atoms with Gasteiger partial charge in [-0.2, -0.15) is 72.8 Å². The van der Waals surface area contributed by atoms with Gasteiger partial charge in [0.2, 0.25) is 5.91 Å². The summed E-state index contributed by atoms with van der Waals surface area (Å²) in [5.41, 5.74) is 17.4. The summed E-state index contributed by atoms with van der Waals surface area (Å²) in [5, 5.41) is 39.4. The first-order valence-electron chi connectivity index (χ1n) is 31.8. The number of Topliss-reactive ketones (excluding diaryl/α,β-unsaturated/α-hetero) is 1. The molecule has 26 heteroatoms. The van der Waals surface area contributed by atoms with Crippen LogP contribution in [0.3, 0.4) is 0 Å². The van der Waals surface area contributed by atoms with Crippen molar-refractivity contribution in [1.29, 1.82) is 0 Å². The number of carbonyl (C=O) groups excluding carboxylic acids is 2. The van der Waals surface area contributed by atoms with Crippen LogP contribution in [0.25, 0.3) is 0 Å². The number of ether oxygens (including phenoxy) is 1. The minimum atomic E-state index is -3.11. The van der Waals surface area contributed by atoms with Crippen LogP contribution in [0.4, 0.5) is 28.4 Å². The van der Waals surface area contributed by atoms with Crippen molar-refractivity contribution in [2.24, 2.45) is 9.98 Å². The Morgan fingerprint density at radius 2 is 1.02 bits per heavy atom. The standard InChI is InChI=1S/C17H19ClN2OS.C17H17ClN2O.C14H14ClNO.2C8H8ClNO.2C6H5.C3H5NS.4ClH.Ti.Zn/c1-3-19-16(22)20-15-10-9-13(18)11-14(15)17(2,21)12-7-5-4-6-8-12;1-3-19-16-20-15-10-9-13(18)11-14(15)17(2,21-16)12-7-5-4-6-8-12;1-14(17,10-5-3-2-4-6-10)12-9-11(15)7-8-13(12)16;1-6(11)10-8-4-2-7(9)3-5-8;1-5(11)7-4-6(9)2-3-8(7)10;2*1-2-4-6-5-3-1;1-2-4-3-5;;;;;;/h4-11,21H,3H2,1-2H3,(H2,19,20,22);4-11H,3H2,1-2H3,(H,19,20);2-9,17H,16H2,1H3;2-5H,1H3,(H,10,11);2-4H,10H2,1H3;2*1-5H;2H2,1H3;4*1H;;/q;;;;;2*-1;;;;;;+4;+2/p-4/t2*17-;14-;;;;;;;;;;;/m000.........../s1. The third kappa shape index (κ3) is 36.4. The number of ketones is 1. The molecule has 0 saturated heterocycles. The van der Waals surface area contributed by atoms with E-state index >= 15 is 0 Å². The Kier molecular flexibility index (Phi) is 45.3. The van der Waals surface area contributed by atoms with Gasteiger partial charge < -0.3 is 47.7 Å². The van der Waals surface area contributed by atoms with E-state index in [4.69, 9.17) is 124 Å². The number of rotatable bonds is 11. The van der Waals surface area contributed by atoms with Crippen LogP contribution in [0.15, 0.2) is 259 Å². The van der Waals surface area contributed by atoms with Crippen molar-refractivity contribution in [3.8, 4) is 0 Å². The van der Waals surface area contributed by atoms with Gasteiger partial charge in [0.1, 0.15) is 11.2 Å². The van der Waals surface area contributed by atoms with Crippen LogP contribution in [0.1, 0.15) is 99.1 Å². The van der Waals surface area contributed by atoms with Crippen LogP contribution in [0.2, 0.25) is 25.1 Å². The first-order valence-corrected chi connectivity index (χ1v) is 43.1. The molecule has 1 heterocycles. The van der Waals surface area contributed by atoms with E-state index in [-0.39, 0.29) is 31.2 Å². The Morgan fingerprint density at radius 3 is 1.44 bits per heavy atom. The number of benzene rings is 10. The van der Waals surface area contributed by atoms with Crippen molar-refractivity contribution in [1.82, 2.24) is 5.32 Å². The molecule has 11 rings (SSSR count). The summed E-state index contributed by atoms with van der Waals surface area (Å²) in [6, 6.07) is 82.6. The Balaban J connectivity index is 0.000000421. The zero-order valence-corrected chi connectivity index (χ0v) is 71.9. The predicted octanol–water partition coefficient (Wildman–Crippen LogP) is 22.8. The molecule has 0 spiro atoms. The van der Waals surface area contributed by atoms with Crippen LogP contribution in [-0.4, -0.2) is 57.8 Å². The van der Waals surface area contributed by atoms with Gasteiger partial charge in [-0.25, -0.2) is 9.98 Å². The number of anilines is 5. The van der Waals surface area contributed by atoms with Gasteiger partial charge in [-0.15, -0.1) is 0 Å². The maximum absolute atomic E-state index is 11.0. The molecule has 0 fully saturated rings. The van der Waals surface area contributed by atoms with Crippen molar-refractivity contribution < 1.29 is 56.4 Å². The summed E-state index contributed by atoms with van der Waals surface area (Å²) >= 11 is 35.9. The van der Waals surface area contributed by atoms with E-state index in [1.807, 2.05) is 191 Å². The summed E-state index contributed by atoms with van der Waals surface area (Å²) in [6.45, 7) is 16.4. The monoisotopic (exact) mass is 1710 g/mol. The minimum absolute atomic E-state index is 0. The summed E-state index contributed by atoms with van der Waals surface area (Å²) in [6.07, 6.45) is 0. The topological polar surface area (TPSA) is 209 Å². The number of nitrogens with one attached hydrogen (secondary N) is 4. The largest absolute Gasteiger partial charge is 2.00 e. The van der Waals surface area contributed by atoms with E-state index < -0.39 is 29.1 Å². The van der Waals surface area contributed by atoms with Gasteiger partial charge in [-0.1, -0.05) is 149 Å². The Bertz CT molecular complexity index is 4210. The van der Waals surface area contributed by atoms with Crippen LogP contribution >= 0.6 is 120 Å². The molecule has 13 nitrogen and oxygen atoms in total. The number of thiocarbonyl (C=S) groups is 2. The van der Waals surface area contributed by atoms with Crippen molar-refractivity contribution in [3.63, 3.8) is 0 Å². The summed E-state index contributed by atoms with van der Waals surface area (Å²) in [7, 11) is 20.1. The van der Waals surface area contributed by atoms with E-state index in [0.29, 0.717) is 70.9 Å². The number of amides is 1. The average molecular weight is 1720 g/mol. The maximum atomic E-state index is 11.0. The molecule has 1 aliphatic heterocycles. The number of fused-ring (bicyclic) bond motifs is 1. The molecule has 1 aliphatic rings. The van der Waals surface area contributed by atoms with Gasteiger partial charge >= 0.3 is 69.0 Å². The number of hydrogen-bond acceptors (Lipinski definition) is 11. The fourth-order valence-corrected chi connectivity index (χ4v) is 10.3. The number of amidine groups is 1. The molecule has 0 unspecified atom stereocenters. The number of aliphatic hydroxyl groups is 2. The van der Waals surface area contributed by atoms with Crippen LogP contribution in [-0.2, 0) is 58.2 Å². The van der Waals surface area contributed by atoms with E-state index in [2.05, 4.69) is 72.9 Å². The Morgan fingerprint density at radius 1 is 0.590 bits per heavy atom. The van der Waals surface area contributed by atoms with E-state index in [1.165, 1.54) is 13.8 Å². The number of nitrogens with zero attached hydrogens (tertiary/aromatic N) is 2. The number of hydrogen-bond donors (Lipinski definition) is 8. The molecule has 10 N–H and O–H groups in total. The minimum Gasteiger partial charge on any atom is -0.184 e. The molecule has 10 aromatic rings. The Hall–Kier alpha value is -6.43. The van der Waals surface area contributed by atoms with Gasteiger partial charge in [0.15, 0.2) is 16.5 Å². The molecular formula is C79H81Cl9N8O5S2TiZn. The Labute approximate surface area is 685 Å². The molecule has 1 amide bonds. The summed E-state index contributed by atoms with van der Waals surface area (Å²) in [5.74, 6) is -0.141. The number of aliphatic imine (C=N–C) groups is 2. The first-order chi connectivity index (χ1) is 49.3. The third-order valence-electron chi connectivity index (χ3n) is 14.0. The number of nitrogen functional groups attached to an aromatic ring is 2. The normalized spacial score (nSPS) is 13.3. The smallest absolute Gasteiger partial charge is 0.184 e. The van der Waals surface area contributed by atoms with E-state index in [1.54, 1.807) is 86.6 Å². The first kappa shape index (κ1) is 94.6. The third-order valence-corrected chi connectivity index (χ3v) is 15.5. The fourth-order valence-electron chi connectivity index (χ4n) is 9.06. The molecule has 0 saturated carbocycles. The van der Waals surface area contributed by atoms with Crippen LogP contribution < -0.4 is 32.7 Å². The van der Waals surface area contributed by atoms with Gasteiger partial charge in [-0.3, -0.25) is 9.59 Å².